The third-order valence-electron chi connectivity index (χ3n) is 5.55. The predicted octanol–water partition coefficient (Wildman–Crippen LogP) is 1.98. The van der Waals surface area contributed by atoms with E-state index >= 15 is 0 Å². The minimum atomic E-state index is 0.0315. The van der Waals surface area contributed by atoms with Crippen LogP contribution in [-0.4, -0.2) is 78.9 Å². The van der Waals surface area contributed by atoms with E-state index in [9.17, 15) is 9.59 Å². The molecule has 0 bridgehead atoms. The average Bonchev–Trinajstić information content (AvgIpc) is 2.99. The highest BCUT2D eigenvalue weighted by atomic mass is 35.5. The Kier molecular flexibility index (Phi) is 8.13. The smallest absolute Gasteiger partial charge is 0.236 e. The number of piperazine rings is 1. The lowest BCUT2D eigenvalue weighted by Gasteiger charge is -2.35. The Hall–Kier alpha value is -1.63. The van der Waals surface area contributed by atoms with Gasteiger partial charge in [0.1, 0.15) is 0 Å². The topological polar surface area (TPSA) is 55.9 Å². The first-order valence-electron chi connectivity index (χ1n) is 10.3. The summed E-state index contributed by atoms with van der Waals surface area (Å²) in [6.07, 6.45) is 4.74. The quantitative estimate of drug-likeness (QED) is 0.784. The molecule has 28 heavy (non-hydrogen) atoms. The largest absolute Gasteiger partial charge is 0.351 e. The minimum Gasteiger partial charge on any atom is -0.351 e. The van der Waals surface area contributed by atoms with Gasteiger partial charge in [-0.25, -0.2) is 0 Å². The van der Waals surface area contributed by atoms with Crippen LogP contribution in [0.3, 0.4) is 0 Å². The molecular formula is C21H31ClN4O2. The molecule has 1 aromatic carbocycles. The van der Waals surface area contributed by atoms with Crippen LogP contribution in [0.1, 0.15) is 31.2 Å². The van der Waals surface area contributed by atoms with Crippen molar-refractivity contribution in [2.45, 2.75) is 32.2 Å². The number of nitrogens with zero attached hydrogens (tertiary/aromatic N) is 3. The Morgan fingerprint density at radius 2 is 1.39 bits per heavy atom. The first-order chi connectivity index (χ1) is 13.6. The van der Waals surface area contributed by atoms with Gasteiger partial charge in [0.05, 0.1) is 13.1 Å². The summed E-state index contributed by atoms with van der Waals surface area (Å²) >= 11 is 5.88. The van der Waals surface area contributed by atoms with E-state index in [-0.39, 0.29) is 11.8 Å². The fourth-order valence-corrected chi connectivity index (χ4v) is 3.90. The lowest BCUT2D eigenvalue weighted by molar-refractivity contribution is -0.133. The molecule has 0 spiro atoms. The number of benzene rings is 1. The van der Waals surface area contributed by atoms with Gasteiger partial charge in [0.25, 0.3) is 0 Å². The zero-order chi connectivity index (χ0) is 19.8. The van der Waals surface area contributed by atoms with Crippen molar-refractivity contribution >= 4 is 23.4 Å². The number of hydrogen-bond acceptors (Lipinski definition) is 4. The summed E-state index contributed by atoms with van der Waals surface area (Å²) in [5.41, 5.74) is 1.04. The van der Waals surface area contributed by atoms with Crippen molar-refractivity contribution in [3.8, 4) is 0 Å². The van der Waals surface area contributed by atoms with Crippen LogP contribution in [0.5, 0.6) is 0 Å². The minimum absolute atomic E-state index is 0.0315. The van der Waals surface area contributed by atoms with Crippen LogP contribution in [0.4, 0.5) is 0 Å². The van der Waals surface area contributed by atoms with E-state index in [4.69, 9.17) is 11.6 Å². The number of amides is 2. The summed E-state index contributed by atoms with van der Waals surface area (Å²) in [7, 11) is 0. The second-order valence-electron chi connectivity index (χ2n) is 7.75. The fraction of sp³-hybridized carbons (Fsp3) is 0.619. The van der Waals surface area contributed by atoms with Crippen LogP contribution >= 0.6 is 11.6 Å². The van der Waals surface area contributed by atoms with Crippen LogP contribution in [0.25, 0.3) is 0 Å². The van der Waals surface area contributed by atoms with E-state index in [1.54, 1.807) is 0 Å². The third-order valence-corrected chi connectivity index (χ3v) is 5.80. The van der Waals surface area contributed by atoms with E-state index in [1.807, 2.05) is 29.2 Å². The highest BCUT2D eigenvalue weighted by Crippen LogP contribution is 2.11. The molecule has 0 atom stereocenters. The summed E-state index contributed by atoms with van der Waals surface area (Å²) in [6, 6.07) is 7.50. The Balaban J connectivity index is 1.33. The van der Waals surface area contributed by atoms with Crippen molar-refractivity contribution in [1.82, 2.24) is 20.0 Å². The number of hydrogen-bond donors (Lipinski definition) is 1. The predicted molar refractivity (Wildman–Crippen MR) is 111 cm³/mol. The number of halogens is 1. The monoisotopic (exact) mass is 406 g/mol. The molecule has 1 N–H and O–H groups in total. The number of carbonyl (C=O) groups excluding carboxylic acids is 2. The lowest BCUT2D eigenvalue weighted by atomic mass is 10.2. The van der Waals surface area contributed by atoms with Crippen molar-refractivity contribution in [1.29, 1.82) is 0 Å². The van der Waals surface area contributed by atoms with Gasteiger partial charge < -0.3 is 10.2 Å². The molecule has 6 nitrogen and oxygen atoms in total. The lowest BCUT2D eigenvalue weighted by Crippen LogP contribution is -2.52. The van der Waals surface area contributed by atoms with Crippen LogP contribution < -0.4 is 5.32 Å². The summed E-state index contributed by atoms with van der Waals surface area (Å²) in [5.74, 6) is 0.292. The molecule has 154 valence electrons. The molecular weight excluding hydrogens is 376 g/mol. The maximum Gasteiger partial charge on any atom is 0.236 e. The summed E-state index contributed by atoms with van der Waals surface area (Å²) in [5, 5.41) is 3.66. The van der Waals surface area contributed by atoms with Crippen molar-refractivity contribution in [3.05, 3.63) is 34.9 Å². The van der Waals surface area contributed by atoms with Crippen molar-refractivity contribution in [2.24, 2.45) is 0 Å². The highest BCUT2D eigenvalue weighted by molar-refractivity contribution is 6.30. The van der Waals surface area contributed by atoms with Gasteiger partial charge in [-0.15, -0.1) is 0 Å². The number of nitrogens with one attached hydrogen (secondary N) is 1. The second-order valence-corrected chi connectivity index (χ2v) is 8.19. The molecule has 2 fully saturated rings. The molecule has 2 aliphatic heterocycles. The Morgan fingerprint density at radius 1 is 0.821 bits per heavy atom. The average molecular weight is 407 g/mol. The summed E-state index contributed by atoms with van der Waals surface area (Å²) < 4.78 is 0. The molecule has 0 radical (unpaired) electrons. The molecule has 1 aromatic rings. The normalized spacial score (nSPS) is 19.2. The number of rotatable bonds is 6. The second kappa shape index (κ2) is 10.8. The van der Waals surface area contributed by atoms with Gasteiger partial charge >= 0.3 is 0 Å². The standard InChI is InChI=1S/C21H31ClN4O2/c22-19-7-5-18(6-8-19)15-23-20(27)16-24-11-13-25(14-12-24)17-21(28)26-9-3-1-2-4-10-26/h5-8H,1-4,9-17H2,(H,23,27). The van der Waals surface area contributed by atoms with E-state index in [0.29, 0.717) is 24.7 Å². The van der Waals surface area contributed by atoms with Gasteiger partial charge in [0.15, 0.2) is 0 Å². The highest BCUT2D eigenvalue weighted by Gasteiger charge is 2.23. The zero-order valence-electron chi connectivity index (χ0n) is 16.5. The van der Waals surface area contributed by atoms with E-state index in [2.05, 4.69) is 15.1 Å². The zero-order valence-corrected chi connectivity index (χ0v) is 17.3. The molecule has 2 aliphatic rings. The molecule has 0 aromatic heterocycles. The van der Waals surface area contributed by atoms with Crippen LogP contribution in [0.15, 0.2) is 24.3 Å². The molecule has 7 heteroatoms. The molecule has 2 saturated heterocycles. The van der Waals surface area contributed by atoms with Crippen LogP contribution in [0, 0.1) is 0 Å². The van der Waals surface area contributed by atoms with Gasteiger partial charge in [-0.1, -0.05) is 36.6 Å². The first kappa shape index (κ1) is 21.1. The maximum atomic E-state index is 12.5. The van der Waals surface area contributed by atoms with Gasteiger partial charge in [-0.3, -0.25) is 19.4 Å². The summed E-state index contributed by atoms with van der Waals surface area (Å²) in [6.45, 7) is 6.56. The number of likely N-dealkylation sites (tertiary alicyclic amines) is 1. The first-order valence-corrected chi connectivity index (χ1v) is 10.7. The summed E-state index contributed by atoms with van der Waals surface area (Å²) in [4.78, 5) is 31.1. The fourth-order valence-electron chi connectivity index (χ4n) is 3.78. The van der Waals surface area contributed by atoms with Crippen LogP contribution in [-0.2, 0) is 16.1 Å². The molecule has 2 heterocycles. The van der Waals surface area contributed by atoms with E-state index in [0.717, 1.165) is 57.7 Å². The maximum absolute atomic E-state index is 12.5. The van der Waals surface area contributed by atoms with E-state index in [1.165, 1.54) is 12.8 Å². The number of carbonyl (C=O) groups is 2. The third kappa shape index (κ3) is 6.76. The van der Waals surface area contributed by atoms with Crippen molar-refractivity contribution in [2.75, 3.05) is 52.4 Å². The van der Waals surface area contributed by atoms with E-state index < -0.39 is 0 Å². The van der Waals surface area contributed by atoms with Gasteiger partial charge in [-0.05, 0) is 30.5 Å². The Morgan fingerprint density at radius 3 is 2.00 bits per heavy atom. The van der Waals surface area contributed by atoms with Gasteiger partial charge in [0.2, 0.25) is 11.8 Å². The Bertz CT molecular complexity index is 636. The molecule has 3 rings (SSSR count). The van der Waals surface area contributed by atoms with Crippen LogP contribution in [0.2, 0.25) is 5.02 Å². The van der Waals surface area contributed by atoms with Gasteiger partial charge in [0, 0.05) is 50.8 Å². The van der Waals surface area contributed by atoms with Crippen molar-refractivity contribution in [3.63, 3.8) is 0 Å². The molecule has 0 saturated carbocycles. The molecule has 0 unspecified atom stereocenters. The molecule has 0 aliphatic carbocycles. The van der Waals surface area contributed by atoms with Gasteiger partial charge in [-0.2, -0.15) is 0 Å². The SMILES string of the molecule is O=C(CN1CCN(CC(=O)N2CCCCCC2)CC1)NCc1ccc(Cl)cc1. The molecule has 2 amide bonds. The Labute approximate surface area is 172 Å². The van der Waals surface area contributed by atoms with Crippen molar-refractivity contribution < 1.29 is 9.59 Å².